The monoisotopic (exact) mass is 430 g/mol. The lowest BCUT2D eigenvalue weighted by atomic mass is 9.98. The average Bonchev–Trinajstić information content (AvgIpc) is 3.03. The maximum Gasteiger partial charge on any atom is 0.352 e. The van der Waals surface area contributed by atoms with Crippen molar-refractivity contribution in [1.82, 2.24) is 15.2 Å². The minimum Gasteiger partial charge on any atom is -0.477 e. The van der Waals surface area contributed by atoms with E-state index >= 15 is 0 Å². The molecule has 0 bridgehead atoms. The number of nitrogens with one attached hydrogen (secondary N) is 1. The molecule has 1 aromatic heterocycles. The SMILES string of the molecule is CO[C@@]1(NC(=O)Cc2csc(N)n2)C(=O)N2C(C(=O)O)=C(CSC)CS[C@H]21. The topological polar surface area (TPSA) is 135 Å². The van der Waals surface area contributed by atoms with Crippen LogP contribution in [0.1, 0.15) is 5.69 Å². The van der Waals surface area contributed by atoms with Gasteiger partial charge in [0.05, 0.1) is 12.1 Å². The van der Waals surface area contributed by atoms with Crippen LogP contribution in [-0.4, -0.2) is 68.7 Å². The number of nitrogen functional groups attached to an aromatic ring is 1. The van der Waals surface area contributed by atoms with Crippen LogP contribution in [0.15, 0.2) is 16.7 Å². The summed E-state index contributed by atoms with van der Waals surface area (Å²) in [6.07, 6.45) is 1.81. The first-order valence-corrected chi connectivity index (χ1v) is 11.1. The van der Waals surface area contributed by atoms with Crippen molar-refractivity contribution in [2.24, 2.45) is 0 Å². The summed E-state index contributed by atoms with van der Waals surface area (Å²) >= 11 is 4.07. The fraction of sp³-hybridized carbons (Fsp3) is 0.467. The molecule has 0 aliphatic carbocycles. The highest BCUT2D eigenvalue weighted by atomic mass is 32.2. The number of fused-ring (bicyclic) bond motifs is 1. The van der Waals surface area contributed by atoms with Gasteiger partial charge in [0.2, 0.25) is 5.91 Å². The number of thioether (sulfide) groups is 2. The predicted molar refractivity (Wildman–Crippen MR) is 104 cm³/mol. The summed E-state index contributed by atoms with van der Waals surface area (Å²) in [4.78, 5) is 42.2. The number of carboxylic acid groups (broad SMARTS) is 1. The molecular weight excluding hydrogens is 412 g/mol. The van der Waals surface area contributed by atoms with E-state index < -0.39 is 28.9 Å². The number of aromatic nitrogens is 1. The molecule has 1 saturated heterocycles. The Morgan fingerprint density at radius 1 is 1.59 bits per heavy atom. The third-order valence-corrected chi connectivity index (χ3v) is 6.92. The van der Waals surface area contributed by atoms with Gasteiger partial charge in [-0.25, -0.2) is 9.78 Å². The number of anilines is 1. The first-order valence-electron chi connectivity index (χ1n) is 7.79. The van der Waals surface area contributed by atoms with Crippen molar-refractivity contribution >= 4 is 57.8 Å². The lowest BCUT2D eigenvalue weighted by Crippen LogP contribution is -2.80. The number of ether oxygens (including phenoxy) is 1. The van der Waals surface area contributed by atoms with Crippen molar-refractivity contribution < 1.29 is 24.2 Å². The molecule has 4 N–H and O–H groups in total. The molecule has 3 heterocycles. The zero-order chi connectivity index (χ0) is 19.8. The molecule has 146 valence electrons. The summed E-state index contributed by atoms with van der Waals surface area (Å²) in [6, 6.07) is 0. The number of carbonyl (C=O) groups excluding carboxylic acids is 2. The summed E-state index contributed by atoms with van der Waals surface area (Å²) < 4.78 is 5.39. The Bertz CT molecular complexity index is 826. The fourth-order valence-corrected chi connectivity index (χ4v) is 5.77. The summed E-state index contributed by atoms with van der Waals surface area (Å²) in [5, 5.41) is 13.6. The summed E-state index contributed by atoms with van der Waals surface area (Å²) in [5.41, 5.74) is 5.13. The summed E-state index contributed by atoms with van der Waals surface area (Å²) in [6.45, 7) is 0. The number of methoxy groups -OCH3 is 1. The van der Waals surface area contributed by atoms with Crippen molar-refractivity contribution in [3.63, 3.8) is 0 Å². The molecule has 27 heavy (non-hydrogen) atoms. The van der Waals surface area contributed by atoms with Crippen molar-refractivity contribution in [2.45, 2.75) is 17.5 Å². The third kappa shape index (κ3) is 3.42. The highest BCUT2D eigenvalue weighted by Gasteiger charge is 2.66. The summed E-state index contributed by atoms with van der Waals surface area (Å²) in [7, 11) is 1.32. The van der Waals surface area contributed by atoms with E-state index in [1.165, 1.54) is 46.9 Å². The highest BCUT2D eigenvalue weighted by molar-refractivity contribution is 8.00. The zero-order valence-corrected chi connectivity index (χ0v) is 17.0. The standard InChI is InChI=1S/C15H18N4O5S3/c1-24-15(18-9(20)3-8-6-27-14(16)17-8)12(23)19-10(11(21)22)7(4-25-2)5-26-13(15)19/h6,13H,3-5H2,1-2H3,(H2,16,17)(H,18,20)(H,21,22)/t13-,15-/m0/s1. The van der Waals surface area contributed by atoms with E-state index in [2.05, 4.69) is 10.3 Å². The molecule has 2 aliphatic rings. The Kier molecular flexibility index (Phi) is 5.70. The number of aliphatic carboxylic acids is 1. The van der Waals surface area contributed by atoms with E-state index in [1.54, 1.807) is 5.38 Å². The second kappa shape index (κ2) is 7.70. The fourth-order valence-electron chi connectivity index (χ4n) is 3.05. The Balaban J connectivity index is 1.81. The lowest BCUT2D eigenvalue weighted by Gasteiger charge is -2.55. The second-order valence-corrected chi connectivity index (χ2v) is 8.69. The minimum absolute atomic E-state index is 0.0210. The Hall–Kier alpha value is -1.76. The first kappa shape index (κ1) is 20.0. The molecule has 12 heteroatoms. The smallest absolute Gasteiger partial charge is 0.352 e. The maximum absolute atomic E-state index is 12.8. The molecule has 3 rings (SSSR count). The lowest BCUT2D eigenvalue weighted by molar-refractivity contribution is -0.192. The van der Waals surface area contributed by atoms with Gasteiger partial charge in [0.15, 0.2) is 5.13 Å². The Morgan fingerprint density at radius 3 is 2.89 bits per heavy atom. The number of thiazole rings is 1. The number of β-lactam (4-membered cyclic amide) rings is 1. The van der Waals surface area contributed by atoms with Gasteiger partial charge in [0, 0.05) is 24.0 Å². The first-order chi connectivity index (χ1) is 12.8. The van der Waals surface area contributed by atoms with Gasteiger partial charge in [-0.1, -0.05) is 0 Å². The van der Waals surface area contributed by atoms with Crippen molar-refractivity contribution in [1.29, 1.82) is 0 Å². The van der Waals surface area contributed by atoms with Crippen LogP contribution in [-0.2, 0) is 25.5 Å². The predicted octanol–water partition coefficient (Wildman–Crippen LogP) is 0.344. The molecule has 0 aromatic carbocycles. The molecule has 2 amide bonds. The quantitative estimate of drug-likeness (QED) is 0.413. The van der Waals surface area contributed by atoms with Gasteiger partial charge in [-0.05, 0) is 11.8 Å². The van der Waals surface area contributed by atoms with E-state index in [9.17, 15) is 19.5 Å². The maximum atomic E-state index is 12.8. The van der Waals surface area contributed by atoms with E-state index in [0.717, 1.165) is 0 Å². The van der Waals surface area contributed by atoms with Crippen LogP contribution >= 0.6 is 34.9 Å². The van der Waals surface area contributed by atoms with Gasteiger partial charge in [0.1, 0.15) is 11.1 Å². The molecular formula is C15H18N4O5S3. The molecule has 0 unspecified atom stereocenters. The summed E-state index contributed by atoms with van der Waals surface area (Å²) in [5.74, 6) is -1.24. The number of rotatable bonds is 7. The van der Waals surface area contributed by atoms with E-state index in [-0.39, 0.29) is 12.1 Å². The number of amides is 2. The number of hydrogen-bond donors (Lipinski definition) is 3. The normalized spacial score (nSPS) is 24.4. The van der Waals surface area contributed by atoms with Crippen LogP contribution in [0.3, 0.4) is 0 Å². The van der Waals surface area contributed by atoms with E-state index in [0.29, 0.717) is 27.9 Å². The number of nitrogens with zero attached hydrogens (tertiary/aromatic N) is 2. The minimum atomic E-state index is -1.59. The molecule has 1 aromatic rings. The van der Waals surface area contributed by atoms with Crippen molar-refractivity contribution in [3.05, 3.63) is 22.3 Å². The largest absolute Gasteiger partial charge is 0.477 e. The van der Waals surface area contributed by atoms with Gasteiger partial charge in [-0.3, -0.25) is 14.5 Å². The van der Waals surface area contributed by atoms with E-state index in [4.69, 9.17) is 10.5 Å². The van der Waals surface area contributed by atoms with Crippen LogP contribution in [0.4, 0.5) is 5.13 Å². The van der Waals surface area contributed by atoms with Crippen LogP contribution in [0, 0.1) is 0 Å². The molecule has 2 aliphatic heterocycles. The van der Waals surface area contributed by atoms with Crippen LogP contribution in [0.2, 0.25) is 0 Å². The van der Waals surface area contributed by atoms with Gasteiger partial charge >= 0.3 is 5.97 Å². The van der Waals surface area contributed by atoms with Gasteiger partial charge in [-0.2, -0.15) is 11.8 Å². The van der Waals surface area contributed by atoms with Crippen molar-refractivity contribution in [3.8, 4) is 0 Å². The van der Waals surface area contributed by atoms with E-state index in [1.807, 2.05) is 6.26 Å². The molecule has 1 fully saturated rings. The van der Waals surface area contributed by atoms with Crippen LogP contribution < -0.4 is 11.1 Å². The molecule has 0 spiro atoms. The number of nitrogens with two attached hydrogens (primary N) is 1. The Morgan fingerprint density at radius 2 is 2.33 bits per heavy atom. The van der Waals surface area contributed by atoms with Crippen LogP contribution in [0.25, 0.3) is 0 Å². The van der Waals surface area contributed by atoms with Crippen LogP contribution in [0.5, 0.6) is 0 Å². The van der Waals surface area contributed by atoms with Gasteiger partial charge in [-0.15, -0.1) is 23.1 Å². The third-order valence-electron chi connectivity index (χ3n) is 4.19. The number of carbonyl (C=O) groups is 3. The molecule has 0 radical (unpaired) electrons. The average molecular weight is 431 g/mol. The molecule has 2 atom stereocenters. The van der Waals surface area contributed by atoms with Gasteiger partial charge < -0.3 is 20.9 Å². The molecule has 9 nitrogen and oxygen atoms in total. The molecule has 0 saturated carbocycles. The number of carboxylic acids is 1. The zero-order valence-electron chi connectivity index (χ0n) is 14.6. The second-order valence-electron chi connectivity index (χ2n) is 5.87. The number of hydrogen-bond acceptors (Lipinski definition) is 9. The van der Waals surface area contributed by atoms with Crippen molar-refractivity contribution in [2.75, 3.05) is 30.6 Å². The Labute approximate surface area is 167 Å². The van der Waals surface area contributed by atoms with Gasteiger partial charge in [0.25, 0.3) is 11.6 Å². The highest BCUT2D eigenvalue weighted by Crippen LogP contribution is 2.46.